The number of hydrogen-bond acceptors (Lipinski definition) is 5. The summed E-state index contributed by atoms with van der Waals surface area (Å²) in [4.78, 5) is 65.3. The van der Waals surface area contributed by atoms with E-state index < -0.39 is 47.3 Å². The molecule has 3 rings (SSSR count). The fourth-order valence-electron chi connectivity index (χ4n) is 5.58. The molecule has 2 saturated carbocycles. The second-order valence-electron chi connectivity index (χ2n) is 11.7. The van der Waals surface area contributed by atoms with Gasteiger partial charge in [0.15, 0.2) is 0 Å². The number of likely N-dealkylation sites (tertiary alicyclic amines) is 1. The molecular formula is C26H43N5O5. The zero-order chi connectivity index (χ0) is 26.5. The first kappa shape index (κ1) is 27.9. The summed E-state index contributed by atoms with van der Waals surface area (Å²) < 4.78 is 0. The number of ketones is 1. The number of nitrogens with two attached hydrogens (primary N) is 1. The van der Waals surface area contributed by atoms with E-state index >= 15 is 0 Å². The highest BCUT2D eigenvalue weighted by Crippen LogP contribution is 2.31. The Morgan fingerprint density at radius 1 is 0.889 bits per heavy atom. The van der Waals surface area contributed by atoms with Crippen molar-refractivity contribution in [3.63, 3.8) is 0 Å². The molecule has 10 heteroatoms. The molecule has 1 aliphatic heterocycles. The molecule has 10 nitrogen and oxygen atoms in total. The van der Waals surface area contributed by atoms with Crippen molar-refractivity contribution in [2.45, 2.75) is 115 Å². The molecule has 1 saturated heterocycles. The Bertz CT molecular complexity index is 844. The van der Waals surface area contributed by atoms with Crippen LogP contribution in [0.4, 0.5) is 4.79 Å². The quantitative estimate of drug-likeness (QED) is 0.352. The van der Waals surface area contributed by atoms with Gasteiger partial charge in [0.05, 0.1) is 6.04 Å². The highest BCUT2D eigenvalue weighted by atomic mass is 16.2. The average molecular weight is 506 g/mol. The van der Waals surface area contributed by atoms with Crippen molar-refractivity contribution in [3.8, 4) is 0 Å². The standard InChI is InChI=1S/C26H43N5O5/c1-26(2,3)30-25(36)29-20(17-11-5-4-6-12-17)24(35)31-14-8-13-19(31)23(34)28-18(21(32)22(27)33)15-16-9-7-10-16/h16-20H,4-15H2,1-3H3,(H2,27,33)(H,28,34)(H2,29,30,36). The number of amides is 5. The Morgan fingerprint density at radius 2 is 1.56 bits per heavy atom. The van der Waals surface area contributed by atoms with Gasteiger partial charge >= 0.3 is 6.03 Å². The molecule has 3 unspecified atom stereocenters. The van der Waals surface area contributed by atoms with E-state index in [1.165, 1.54) is 0 Å². The van der Waals surface area contributed by atoms with Crippen LogP contribution in [0.1, 0.15) is 91.4 Å². The van der Waals surface area contributed by atoms with E-state index in [4.69, 9.17) is 5.73 Å². The molecule has 2 aliphatic carbocycles. The molecule has 0 spiro atoms. The first-order valence-corrected chi connectivity index (χ1v) is 13.5. The minimum atomic E-state index is -1.06. The zero-order valence-corrected chi connectivity index (χ0v) is 21.9. The van der Waals surface area contributed by atoms with E-state index in [1.54, 1.807) is 4.90 Å². The Kier molecular flexibility index (Phi) is 9.35. The Hall–Kier alpha value is -2.65. The van der Waals surface area contributed by atoms with Crippen LogP contribution in [0.5, 0.6) is 0 Å². The first-order chi connectivity index (χ1) is 17.0. The molecule has 3 fully saturated rings. The molecule has 5 N–H and O–H groups in total. The first-order valence-electron chi connectivity index (χ1n) is 13.5. The third-order valence-electron chi connectivity index (χ3n) is 7.67. The maximum atomic E-state index is 13.8. The van der Waals surface area contributed by atoms with E-state index in [1.807, 2.05) is 20.8 Å². The number of rotatable bonds is 9. The van der Waals surface area contributed by atoms with Crippen molar-refractivity contribution in [2.75, 3.05) is 6.54 Å². The molecule has 0 bridgehead atoms. The lowest BCUT2D eigenvalue weighted by Gasteiger charge is -2.35. The van der Waals surface area contributed by atoms with Crippen LogP contribution in [0.2, 0.25) is 0 Å². The fraction of sp³-hybridized carbons (Fsp3) is 0.808. The van der Waals surface area contributed by atoms with Crippen molar-refractivity contribution in [3.05, 3.63) is 0 Å². The van der Waals surface area contributed by atoms with Crippen LogP contribution in [-0.4, -0.2) is 64.6 Å². The highest BCUT2D eigenvalue weighted by molar-refractivity contribution is 6.37. The van der Waals surface area contributed by atoms with Crippen molar-refractivity contribution in [2.24, 2.45) is 17.6 Å². The van der Waals surface area contributed by atoms with Gasteiger partial charge in [0.25, 0.3) is 5.91 Å². The Balaban J connectivity index is 1.73. The predicted molar refractivity (Wildman–Crippen MR) is 135 cm³/mol. The molecule has 3 atom stereocenters. The monoisotopic (exact) mass is 505 g/mol. The third-order valence-corrected chi connectivity index (χ3v) is 7.67. The van der Waals surface area contributed by atoms with Crippen LogP contribution < -0.4 is 21.7 Å². The number of carbonyl (C=O) groups excluding carboxylic acids is 5. The molecule has 36 heavy (non-hydrogen) atoms. The summed E-state index contributed by atoms with van der Waals surface area (Å²) >= 11 is 0. The van der Waals surface area contributed by atoms with Crippen LogP contribution in [0, 0.1) is 11.8 Å². The largest absolute Gasteiger partial charge is 0.363 e. The summed E-state index contributed by atoms with van der Waals surface area (Å²) in [5.74, 6) is -2.29. The molecule has 0 aromatic heterocycles. The van der Waals surface area contributed by atoms with Crippen LogP contribution in [0.25, 0.3) is 0 Å². The van der Waals surface area contributed by atoms with Crippen LogP contribution in [-0.2, 0) is 19.2 Å². The van der Waals surface area contributed by atoms with Gasteiger partial charge in [-0.25, -0.2) is 4.79 Å². The molecule has 0 aromatic carbocycles. The summed E-state index contributed by atoms with van der Waals surface area (Å²) in [5, 5.41) is 8.50. The van der Waals surface area contributed by atoms with E-state index in [9.17, 15) is 24.0 Å². The number of Topliss-reactive ketones (excluding diaryl/α,β-unsaturated/α-hetero) is 1. The van der Waals surface area contributed by atoms with E-state index in [2.05, 4.69) is 16.0 Å². The van der Waals surface area contributed by atoms with Gasteiger partial charge in [-0.2, -0.15) is 0 Å². The maximum Gasteiger partial charge on any atom is 0.315 e. The predicted octanol–water partition coefficient (Wildman–Crippen LogP) is 1.75. The van der Waals surface area contributed by atoms with Crippen LogP contribution in [0.15, 0.2) is 0 Å². The summed E-state index contributed by atoms with van der Waals surface area (Å²) in [7, 11) is 0. The number of hydrogen-bond donors (Lipinski definition) is 4. The number of nitrogens with one attached hydrogen (secondary N) is 3. The minimum Gasteiger partial charge on any atom is -0.363 e. The van der Waals surface area contributed by atoms with Gasteiger partial charge in [0.1, 0.15) is 12.1 Å². The molecule has 5 amide bonds. The third kappa shape index (κ3) is 7.43. The molecule has 3 aliphatic rings. The topological polar surface area (TPSA) is 151 Å². The number of urea groups is 1. The van der Waals surface area contributed by atoms with Crippen molar-refractivity contribution < 1.29 is 24.0 Å². The lowest BCUT2D eigenvalue weighted by molar-refractivity contribution is -0.143. The normalized spacial score (nSPS) is 22.8. The Labute approximate surface area is 213 Å². The van der Waals surface area contributed by atoms with Crippen LogP contribution in [0.3, 0.4) is 0 Å². The smallest absolute Gasteiger partial charge is 0.315 e. The Morgan fingerprint density at radius 3 is 2.11 bits per heavy atom. The summed E-state index contributed by atoms with van der Waals surface area (Å²) in [5.41, 5.74) is 4.78. The number of primary amides is 1. The van der Waals surface area contributed by atoms with Crippen molar-refractivity contribution in [1.29, 1.82) is 0 Å². The van der Waals surface area contributed by atoms with Crippen molar-refractivity contribution in [1.82, 2.24) is 20.9 Å². The molecular weight excluding hydrogens is 462 g/mol. The molecule has 0 aromatic rings. The maximum absolute atomic E-state index is 13.8. The van der Waals surface area contributed by atoms with E-state index in [-0.39, 0.29) is 17.7 Å². The summed E-state index contributed by atoms with van der Waals surface area (Å²) in [6.45, 7) is 6.02. The SMILES string of the molecule is CC(C)(C)NC(=O)NC(C(=O)N1CCCC1C(=O)NC(CC1CCC1)C(=O)C(N)=O)C1CCCCC1. The highest BCUT2D eigenvalue weighted by Gasteiger charge is 2.42. The van der Waals surface area contributed by atoms with E-state index in [0.717, 1.165) is 51.4 Å². The van der Waals surface area contributed by atoms with Crippen LogP contribution >= 0.6 is 0 Å². The minimum absolute atomic E-state index is 0.00378. The zero-order valence-electron chi connectivity index (χ0n) is 21.9. The summed E-state index contributed by atoms with van der Waals surface area (Å²) in [6.07, 6.45) is 9.26. The molecule has 0 radical (unpaired) electrons. The second kappa shape index (κ2) is 12.1. The van der Waals surface area contributed by atoms with Gasteiger partial charge < -0.3 is 26.6 Å². The molecule has 1 heterocycles. The lowest BCUT2D eigenvalue weighted by atomic mass is 9.80. The lowest BCUT2D eigenvalue weighted by Crippen LogP contribution is -2.60. The average Bonchev–Trinajstić information content (AvgIpc) is 3.27. The molecule has 202 valence electrons. The van der Waals surface area contributed by atoms with Gasteiger partial charge in [-0.3, -0.25) is 19.2 Å². The number of carbonyl (C=O) groups is 5. The van der Waals surface area contributed by atoms with E-state index in [0.29, 0.717) is 25.8 Å². The van der Waals surface area contributed by atoms with Gasteiger partial charge in [-0.1, -0.05) is 38.5 Å². The number of nitrogens with zero attached hydrogens (tertiary/aromatic N) is 1. The summed E-state index contributed by atoms with van der Waals surface area (Å²) in [6, 6.07) is -2.85. The van der Waals surface area contributed by atoms with Crippen molar-refractivity contribution >= 4 is 29.5 Å². The van der Waals surface area contributed by atoms with Gasteiger partial charge in [-0.05, 0) is 64.7 Å². The van der Waals surface area contributed by atoms with Gasteiger partial charge in [0, 0.05) is 12.1 Å². The van der Waals surface area contributed by atoms with Gasteiger partial charge in [-0.15, -0.1) is 0 Å². The van der Waals surface area contributed by atoms with Gasteiger partial charge in [0.2, 0.25) is 17.6 Å². The fourth-order valence-corrected chi connectivity index (χ4v) is 5.58. The second-order valence-corrected chi connectivity index (χ2v) is 11.7.